The first-order chi connectivity index (χ1) is 7.20. The van der Waals surface area contributed by atoms with Crippen molar-refractivity contribution in [1.29, 1.82) is 0 Å². The summed E-state index contributed by atoms with van der Waals surface area (Å²) in [4.78, 5) is 10.9. The third kappa shape index (κ3) is 3.18. The molecule has 0 heterocycles. The normalized spacial score (nSPS) is 11.3. The summed E-state index contributed by atoms with van der Waals surface area (Å²) in [6, 6.07) is 1.97. The van der Waals surface area contributed by atoms with Crippen molar-refractivity contribution in [3.63, 3.8) is 0 Å². The average molecular weight is 274 g/mol. The number of halogens is 5. The summed E-state index contributed by atoms with van der Waals surface area (Å²) >= 11 is 10.5. The molecule has 0 saturated carbocycles. The minimum atomic E-state index is -4.97. The van der Waals surface area contributed by atoms with Gasteiger partial charge in [0.25, 0.3) is 5.24 Å². The quantitative estimate of drug-likeness (QED) is 0.665. The van der Waals surface area contributed by atoms with Gasteiger partial charge in [0.2, 0.25) is 0 Å². The minimum absolute atomic E-state index is 0.00326. The number of ether oxygens (including phenoxy) is 1. The molecule has 0 radical (unpaired) electrons. The highest BCUT2D eigenvalue weighted by atomic mass is 35.5. The van der Waals surface area contributed by atoms with E-state index < -0.39 is 27.9 Å². The number of hydrogen-bond donors (Lipinski definition) is 1. The van der Waals surface area contributed by atoms with Gasteiger partial charge in [0, 0.05) is 5.69 Å². The molecule has 0 aliphatic heterocycles. The molecule has 0 aromatic heterocycles. The summed E-state index contributed by atoms with van der Waals surface area (Å²) in [5.74, 6) is -0.858. The van der Waals surface area contributed by atoms with Gasteiger partial charge in [0.15, 0.2) is 5.75 Å². The van der Waals surface area contributed by atoms with Gasteiger partial charge in [0.05, 0.1) is 10.6 Å². The number of anilines is 1. The molecule has 0 bridgehead atoms. The molecule has 2 N–H and O–H groups in total. The summed E-state index contributed by atoms with van der Waals surface area (Å²) in [7, 11) is 0. The second-order valence-electron chi connectivity index (χ2n) is 2.70. The maximum atomic E-state index is 12.0. The first-order valence-electron chi connectivity index (χ1n) is 3.75. The highest BCUT2D eigenvalue weighted by molar-refractivity contribution is 6.68. The van der Waals surface area contributed by atoms with E-state index in [1.54, 1.807) is 0 Å². The predicted octanol–water partition coefficient (Wildman–Crippen LogP) is 3.20. The first kappa shape index (κ1) is 12.9. The Morgan fingerprint density at radius 1 is 1.38 bits per heavy atom. The van der Waals surface area contributed by atoms with Crippen molar-refractivity contribution in [3.05, 3.63) is 22.7 Å². The fourth-order valence-corrected chi connectivity index (χ4v) is 1.39. The van der Waals surface area contributed by atoms with E-state index in [1.165, 1.54) is 0 Å². The average Bonchev–Trinajstić information content (AvgIpc) is 2.07. The lowest BCUT2D eigenvalue weighted by molar-refractivity contribution is -0.274. The van der Waals surface area contributed by atoms with E-state index in [-0.39, 0.29) is 5.69 Å². The van der Waals surface area contributed by atoms with E-state index in [2.05, 4.69) is 4.74 Å². The van der Waals surface area contributed by atoms with Gasteiger partial charge in [0.1, 0.15) is 0 Å². The van der Waals surface area contributed by atoms with Crippen LogP contribution in [0.4, 0.5) is 18.9 Å². The number of alkyl halides is 3. The van der Waals surface area contributed by atoms with E-state index in [9.17, 15) is 18.0 Å². The third-order valence-corrected chi connectivity index (χ3v) is 1.98. The van der Waals surface area contributed by atoms with Gasteiger partial charge in [-0.25, -0.2) is 0 Å². The lowest BCUT2D eigenvalue weighted by Crippen LogP contribution is -2.19. The second-order valence-corrected chi connectivity index (χ2v) is 3.45. The molecular formula is C8H4Cl2F3NO2. The van der Waals surface area contributed by atoms with Crippen LogP contribution in [0.5, 0.6) is 5.75 Å². The molecule has 0 aliphatic carbocycles. The van der Waals surface area contributed by atoms with Crippen LogP contribution in [0.1, 0.15) is 10.4 Å². The zero-order valence-electron chi connectivity index (χ0n) is 7.44. The summed E-state index contributed by atoms with van der Waals surface area (Å²) in [5, 5.41) is -1.59. The molecule has 0 fully saturated rings. The molecular weight excluding hydrogens is 270 g/mol. The van der Waals surface area contributed by atoms with E-state index in [0.717, 1.165) is 12.1 Å². The van der Waals surface area contributed by atoms with Crippen molar-refractivity contribution < 1.29 is 22.7 Å². The predicted molar refractivity (Wildman–Crippen MR) is 52.7 cm³/mol. The zero-order valence-corrected chi connectivity index (χ0v) is 8.95. The maximum Gasteiger partial charge on any atom is 0.573 e. The molecule has 0 aliphatic rings. The first-order valence-corrected chi connectivity index (χ1v) is 4.51. The minimum Gasteiger partial charge on any atom is -0.403 e. The standard InChI is InChI=1S/C8H4Cl2F3NO2/c9-5-2-3(14)1-4(7(10)15)6(5)16-8(11,12)13/h1-2H,14H2. The molecule has 1 aromatic rings. The smallest absolute Gasteiger partial charge is 0.403 e. The van der Waals surface area contributed by atoms with Crippen LogP contribution in [-0.2, 0) is 0 Å². The SMILES string of the molecule is Nc1cc(Cl)c(OC(F)(F)F)c(C(=O)Cl)c1. The number of carbonyl (C=O) groups is 1. The van der Waals surface area contributed by atoms with Crippen molar-refractivity contribution >= 4 is 34.1 Å². The molecule has 1 aromatic carbocycles. The van der Waals surface area contributed by atoms with E-state index in [0.29, 0.717) is 0 Å². The highest BCUT2D eigenvalue weighted by Crippen LogP contribution is 2.36. The molecule has 1 rings (SSSR count). The van der Waals surface area contributed by atoms with Gasteiger partial charge < -0.3 is 10.5 Å². The van der Waals surface area contributed by atoms with Gasteiger partial charge in [-0.05, 0) is 23.7 Å². The van der Waals surface area contributed by atoms with Crippen LogP contribution >= 0.6 is 23.2 Å². The van der Waals surface area contributed by atoms with Crippen molar-refractivity contribution in [3.8, 4) is 5.75 Å². The Bertz CT molecular complexity index is 434. The molecule has 0 atom stereocenters. The van der Waals surface area contributed by atoms with Crippen molar-refractivity contribution in [2.24, 2.45) is 0 Å². The van der Waals surface area contributed by atoms with Crippen LogP contribution in [0, 0.1) is 0 Å². The topological polar surface area (TPSA) is 52.3 Å². The van der Waals surface area contributed by atoms with Crippen LogP contribution in [0.25, 0.3) is 0 Å². The Morgan fingerprint density at radius 2 is 1.94 bits per heavy atom. The maximum absolute atomic E-state index is 12.0. The van der Waals surface area contributed by atoms with Gasteiger partial charge in [-0.3, -0.25) is 4.79 Å². The van der Waals surface area contributed by atoms with Crippen LogP contribution in [0.2, 0.25) is 5.02 Å². The molecule has 8 heteroatoms. The largest absolute Gasteiger partial charge is 0.573 e. The Labute approximate surface area is 97.9 Å². The third-order valence-electron chi connectivity index (χ3n) is 1.50. The highest BCUT2D eigenvalue weighted by Gasteiger charge is 2.34. The number of nitrogen functional groups attached to an aromatic ring is 1. The van der Waals surface area contributed by atoms with Gasteiger partial charge in [-0.15, -0.1) is 13.2 Å². The number of nitrogens with two attached hydrogens (primary N) is 1. The number of hydrogen-bond acceptors (Lipinski definition) is 3. The van der Waals surface area contributed by atoms with Crippen LogP contribution < -0.4 is 10.5 Å². The van der Waals surface area contributed by atoms with Gasteiger partial charge >= 0.3 is 6.36 Å². The van der Waals surface area contributed by atoms with E-state index in [1.807, 2.05) is 0 Å². The monoisotopic (exact) mass is 273 g/mol. The summed E-state index contributed by atoms with van der Waals surface area (Å²) in [6.07, 6.45) is -4.97. The van der Waals surface area contributed by atoms with Gasteiger partial charge in [-0.2, -0.15) is 0 Å². The lowest BCUT2D eigenvalue weighted by Gasteiger charge is -2.13. The molecule has 3 nitrogen and oxygen atoms in total. The Hall–Kier alpha value is -1.14. The molecule has 88 valence electrons. The summed E-state index contributed by atoms with van der Waals surface area (Å²) in [5.41, 5.74) is 4.76. The Kier molecular flexibility index (Phi) is 3.54. The summed E-state index contributed by atoms with van der Waals surface area (Å²) < 4.78 is 39.6. The zero-order chi connectivity index (χ0) is 12.5. The molecule has 0 saturated heterocycles. The van der Waals surface area contributed by atoms with Crippen LogP contribution in [0.15, 0.2) is 12.1 Å². The fourth-order valence-electron chi connectivity index (χ4n) is 0.980. The molecule has 0 spiro atoms. The number of rotatable bonds is 2. The fraction of sp³-hybridized carbons (Fsp3) is 0.125. The van der Waals surface area contributed by atoms with Crippen LogP contribution in [-0.4, -0.2) is 11.6 Å². The van der Waals surface area contributed by atoms with E-state index >= 15 is 0 Å². The van der Waals surface area contributed by atoms with Crippen LogP contribution in [0.3, 0.4) is 0 Å². The second kappa shape index (κ2) is 4.39. The number of carbonyl (C=O) groups excluding carboxylic acids is 1. The Morgan fingerprint density at radius 3 is 2.38 bits per heavy atom. The van der Waals surface area contributed by atoms with Crippen molar-refractivity contribution in [1.82, 2.24) is 0 Å². The lowest BCUT2D eigenvalue weighted by atomic mass is 10.2. The number of benzene rings is 1. The van der Waals surface area contributed by atoms with E-state index in [4.69, 9.17) is 28.9 Å². The van der Waals surface area contributed by atoms with Crippen molar-refractivity contribution in [2.45, 2.75) is 6.36 Å². The molecule has 0 amide bonds. The van der Waals surface area contributed by atoms with Crippen molar-refractivity contribution in [2.75, 3.05) is 5.73 Å². The summed E-state index contributed by atoms with van der Waals surface area (Å²) in [6.45, 7) is 0. The Balaban J connectivity index is 3.30. The molecule has 0 unspecified atom stereocenters. The van der Waals surface area contributed by atoms with Gasteiger partial charge in [-0.1, -0.05) is 11.6 Å². The molecule has 16 heavy (non-hydrogen) atoms.